The molecule has 0 aliphatic rings. The predicted molar refractivity (Wildman–Crippen MR) is 81.0 cm³/mol. The van der Waals surface area contributed by atoms with Gasteiger partial charge < -0.3 is 4.98 Å². The van der Waals surface area contributed by atoms with Gasteiger partial charge in [0.15, 0.2) is 10.4 Å². The van der Waals surface area contributed by atoms with Gasteiger partial charge >= 0.3 is 0 Å². The van der Waals surface area contributed by atoms with Crippen molar-refractivity contribution < 1.29 is 0 Å². The van der Waals surface area contributed by atoms with Crippen molar-refractivity contribution >= 4 is 35.1 Å². The highest BCUT2D eigenvalue weighted by Gasteiger charge is 2.17. The number of hydrogen-bond donors (Lipinski definition) is 1. The minimum Gasteiger partial charge on any atom is -0.328 e. The second-order valence-corrected chi connectivity index (χ2v) is 5.90. The molecular formula is C12H20N4S2. The van der Waals surface area contributed by atoms with E-state index in [2.05, 4.69) is 34.8 Å². The van der Waals surface area contributed by atoms with E-state index in [1.165, 1.54) is 0 Å². The summed E-state index contributed by atoms with van der Waals surface area (Å²) in [4.78, 5) is 3.30. The highest BCUT2D eigenvalue weighted by Crippen LogP contribution is 2.24. The van der Waals surface area contributed by atoms with Gasteiger partial charge in [-0.2, -0.15) is 16.9 Å². The maximum atomic E-state index is 5.46. The molecule has 100 valence electrons. The molecule has 6 heteroatoms. The quantitative estimate of drug-likeness (QED) is 0.854. The van der Waals surface area contributed by atoms with E-state index in [1.54, 1.807) is 0 Å². The third kappa shape index (κ3) is 2.23. The van der Waals surface area contributed by atoms with Crippen molar-refractivity contribution in [1.82, 2.24) is 19.3 Å². The number of fused-ring (bicyclic) bond motifs is 1. The Hall–Kier alpha value is -0.750. The summed E-state index contributed by atoms with van der Waals surface area (Å²) in [5.41, 5.74) is 3.24. The number of imidazole rings is 1. The molecule has 1 unspecified atom stereocenters. The molecule has 2 aromatic rings. The monoisotopic (exact) mass is 284 g/mol. The van der Waals surface area contributed by atoms with Crippen LogP contribution in [0.2, 0.25) is 0 Å². The van der Waals surface area contributed by atoms with Gasteiger partial charge in [0.05, 0.1) is 5.69 Å². The largest absolute Gasteiger partial charge is 0.328 e. The lowest BCUT2D eigenvalue weighted by atomic mass is 10.2. The van der Waals surface area contributed by atoms with Crippen LogP contribution in [0.1, 0.15) is 32.0 Å². The number of aromatic amines is 1. The smallest absolute Gasteiger partial charge is 0.179 e. The Kier molecular flexibility index (Phi) is 4.17. The molecule has 1 atom stereocenters. The molecule has 0 saturated heterocycles. The highest BCUT2D eigenvalue weighted by atomic mass is 32.2. The molecule has 1 N–H and O–H groups in total. The van der Waals surface area contributed by atoms with Crippen LogP contribution in [0.15, 0.2) is 0 Å². The van der Waals surface area contributed by atoms with Gasteiger partial charge in [-0.3, -0.25) is 4.57 Å². The van der Waals surface area contributed by atoms with Gasteiger partial charge in [-0.05, 0) is 51.4 Å². The third-order valence-corrected chi connectivity index (χ3v) is 4.20. The number of nitrogens with one attached hydrogen (secondary N) is 1. The van der Waals surface area contributed by atoms with Crippen LogP contribution in [-0.2, 0) is 6.54 Å². The molecule has 0 spiro atoms. The summed E-state index contributed by atoms with van der Waals surface area (Å²) < 4.78 is 5.05. The number of aromatic nitrogens is 4. The van der Waals surface area contributed by atoms with E-state index >= 15 is 0 Å². The maximum Gasteiger partial charge on any atom is 0.179 e. The summed E-state index contributed by atoms with van der Waals surface area (Å²) in [5.74, 6) is 1.15. The van der Waals surface area contributed by atoms with Crippen molar-refractivity contribution in [3.63, 3.8) is 0 Å². The van der Waals surface area contributed by atoms with Crippen LogP contribution in [0.25, 0.3) is 11.2 Å². The lowest BCUT2D eigenvalue weighted by molar-refractivity contribution is 0.522. The van der Waals surface area contributed by atoms with Crippen molar-refractivity contribution in [3.05, 3.63) is 10.5 Å². The van der Waals surface area contributed by atoms with Crippen LogP contribution in [-0.4, -0.2) is 31.3 Å². The van der Waals surface area contributed by atoms with Crippen LogP contribution < -0.4 is 0 Å². The number of aryl methyl sites for hydroxylation is 2. The second kappa shape index (κ2) is 5.48. The number of rotatable bonds is 5. The van der Waals surface area contributed by atoms with E-state index in [0.717, 1.165) is 40.3 Å². The Balaban J connectivity index is 2.55. The molecule has 18 heavy (non-hydrogen) atoms. The number of H-pyrrole nitrogens is 1. The van der Waals surface area contributed by atoms with Gasteiger partial charge in [-0.15, -0.1) is 0 Å². The van der Waals surface area contributed by atoms with Crippen LogP contribution in [0.4, 0.5) is 0 Å². The SMILES string of the molecule is CCn1nc(C)c2[nH]c(=S)n(C(C)CCSC)c21. The molecular weight excluding hydrogens is 264 g/mol. The van der Waals surface area contributed by atoms with Crippen LogP contribution >= 0.6 is 24.0 Å². The molecule has 0 saturated carbocycles. The first kappa shape index (κ1) is 13.7. The average molecular weight is 284 g/mol. The summed E-state index contributed by atoms with van der Waals surface area (Å²) in [5, 5.41) is 4.55. The summed E-state index contributed by atoms with van der Waals surface area (Å²) in [6.07, 6.45) is 3.26. The average Bonchev–Trinajstić information content (AvgIpc) is 2.83. The molecule has 0 aliphatic heterocycles. The second-order valence-electron chi connectivity index (χ2n) is 4.53. The first-order chi connectivity index (χ1) is 8.60. The van der Waals surface area contributed by atoms with E-state index in [9.17, 15) is 0 Å². The molecule has 2 rings (SSSR count). The fourth-order valence-electron chi connectivity index (χ4n) is 2.27. The molecule has 0 amide bonds. The zero-order valence-electron chi connectivity index (χ0n) is 11.4. The molecule has 0 aliphatic carbocycles. The standard InChI is InChI=1S/C12H20N4S2/c1-5-15-11-10(9(3)14-15)13-12(17)16(11)8(2)6-7-18-4/h8H,5-7H2,1-4H3,(H,13,17). The summed E-state index contributed by atoms with van der Waals surface area (Å²) in [6.45, 7) is 7.23. The normalized spacial score (nSPS) is 13.3. The first-order valence-electron chi connectivity index (χ1n) is 6.26. The van der Waals surface area contributed by atoms with E-state index in [0.29, 0.717) is 6.04 Å². The molecule has 2 heterocycles. The van der Waals surface area contributed by atoms with E-state index < -0.39 is 0 Å². The Morgan fingerprint density at radius 2 is 2.22 bits per heavy atom. The van der Waals surface area contributed by atoms with Crippen molar-refractivity contribution in [2.75, 3.05) is 12.0 Å². The van der Waals surface area contributed by atoms with Crippen molar-refractivity contribution in [2.24, 2.45) is 0 Å². The van der Waals surface area contributed by atoms with Gasteiger partial charge in [0.25, 0.3) is 0 Å². The number of thioether (sulfide) groups is 1. The summed E-state index contributed by atoms with van der Waals surface area (Å²) in [6, 6.07) is 0.403. The van der Waals surface area contributed by atoms with E-state index in [4.69, 9.17) is 12.2 Å². The van der Waals surface area contributed by atoms with Gasteiger partial charge in [0.1, 0.15) is 5.52 Å². The molecule has 4 nitrogen and oxygen atoms in total. The number of nitrogens with zero attached hydrogens (tertiary/aromatic N) is 3. The fourth-order valence-corrected chi connectivity index (χ4v) is 3.22. The van der Waals surface area contributed by atoms with Gasteiger partial charge in [-0.1, -0.05) is 0 Å². The lowest BCUT2D eigenvalue weighted by Gasteiger charge is -2.14. The minimum absolute atomic E-state index is 0.403. The summed E-state index contributed by atoms with van der Waals surface area (Å²) in [7, 11) is 0. The van der Waals surface area contributed by atoms with Crippen molar-refractivity contribution in [2.45, 2.75) is 39.8 Å². The molecule has 0 radical (unpaired) electrons. The van der Waals surface area contributed by atoms with E-state index in [1.807, 2.05) is 23.4 Å². The van der Waals surface area contributed by atoms with Crippen molar-refractivity contribution in [3.8, 4) is 0 Å². The van der Waals surface area contributed by atoms with Crippen LogP contribution in [0.3, 0.4) is 0 Å². The van der Waals surface area contributed by atoms with Crippen LogP contribution in [0.5, 0.6) is 0 Å². The van der Waals surface area contributed by atoms with Gasteiger partial charge in [0.2, 0.25) is 0 Å². The number of hydrogen-bond acceptors (Lipinski definition) is 3. The predicted octanol–water partition coefficient (Wildman–Crippen LogP) is 3.54. The molecule has 0 fully saturated rings. The fraction of sp³-hybridized carbons (Fsp3) is 0.667. The highest BCUT2D eigenvalue weighted by molar-refractivity contribution is 7.98. The maximum absolute atomic E-state index is 5.46. The van der Waals surface area contributed by atoms with E-state index in [-0.39, 0.29) is 0 Å². The lowest BCUT2D eigenvalue weighted by Crippen LogP contribution is -2.10. The zero-order valence-corrected chi connectivity index (χ0v) is 13.0. The molecule has 0 bridgehead atoms. The van der Waals surface area contributed by atoms with Gasteiger partial charge in [-0.25, -0.2) is 4.68 Å². The van der Waals surface area contributed by atoms with Gasteiger partial charge in [0, 0.05) is 12.6 Å². The third-order valence-electron chi connectivity index (χ3n) is 3.26. The minimum atomic E-state index is 0.403. The Morgan fingerprint density at radius 1 is 1.50 bits per heavy atom. The topological polar surface area (TPSA) is 38.5 Å². The Labute approximate surface area is 117 Å². The first-order valence-corrected chi connectivity index (χ1v) is 8.06. The summed E-state index contributed by atoms with van der Waals surface area (Å²) >= 11 is 7.33. The molecule has 2 aromatic heterocycles. The molecule has 0 aromatic carbocycles. The van der Waals surface area contributed by atoms with Crippen LogP contribution in [0, 0.1) is 11.7 Å². The Morgan fingerprint density at radius 3 is 2.83 bits per heavy atom. The Bertz CT molecular complexity index is 593. The zero-order chi connectivity index (χ0) is 13.3. The van der Waals surface area contributed by atoms with Crippen molar-refractivity contribution in [1.29, 1.82) is 0 Å².